The zero-order chi connectivity index (χ0) is 16.8. The molecule has 0 radical (unpaired) electrons. The third-order valence-electron chi connectivity index (χ3n) is 4.45. The Labute approximate surface area is 138 Å². The zero-order valence-electron chi connectivity index (χ0n) is 14.5. The molecule has 1 aromatic rings. The van der Waals surface area contributed by atoms with E-state index in [1.54, 1.807) is 0 Å². The number of amides is 1. The second-order valence-corrected chi connectivity index (χ2v) is 6.73. The molecule has 1 fully saturated rings. The van der Waals surface area contributed by atoms with Gasteiger partial charge in [-0.05, 0) is 19.3 Å². The number of nitrogens with one attached hydrogen (secondary N) is 1. The van der Waals surface area contributed by atoms with Gasteiger partial charge >= 0.3 is 0 Å². The van der Waals surface area contributed by atoms with Crippen molar-refractivity contribution in [1.29, 1.82) is 0 Å². The smallest absolute Gasteiger partial charge is 0.222 e. The molecule has 6 heteroatoms. The number of aromatic nitrogens is 2. The highest BCUT2D eigenvalue weighted by Gasteiger charge is 2.27. The molecule has 2 heterocycles. The van der Waals surface area contributed by atoms with E-state index in [4.69, 9.17) is 0 Å². The first-order valence-corrected chi connectivity index (χ1v) is 8.72. The van der Waals surface area contributed by atoms with Crippen molar-refractivity contribution >= 4 is 5.91 Å². The van der Waals surface area contributed by atoms with Gasteiger partial charge in [-0.1, -0.05) is 20.8 Å². The highest BCUT2D eigenvalue weighted by Crippen LogP contribution is 2.15. The topological polar surface area (TPSA) is 70.4 Å². The maximum absolute atomic E-state index is 11.9. The van der Waals surface area contributed by atoms with Crippen LogP contribution in [0.15, 0.2) is 12.4 Å². The van der Waals surface area contributed by atoms with E-state index in [1.807, 2.05) is 26.2 Å². The molecule has 0 aromatic carbocycles. The predicted octanol–water partition coefficient (Wildman–Crippen LogP) is 1.39. The molecule has 1 amide bonds. The van der Waals surface area contributed by atoms with E-state index in [9.17, 15) is 9.90 Å². The maximum atomic E-state index is 11.9. The lowest BCUT2D eigenvalue weighted by molar-refractivity contribution is -0.125. The Bertz CT molecular complexity index is 501. The van der Waals surface area contributed by atoms with Crippen LogP contribution in [0, 0.1) is 5.92 Å². The van der Waals surface area contributed by atoms with Crippen LogP contribution in [0.2, 0.25) is 0 Å². The summed E-state index contributed by atoms with van der Waals surface area (Å²) >= 11 is 0. The molecular weight excluding hydrogens is 292 g/mol. The van der Waals surface area contributed by atoms with E-state index >= 15 is 0 Å². The molecule has 23 heavy (non-hydrogen) atoms. The Morgan fingerprint density at radius 2 is 2.17 bits per heavy atom. The molecule has 1 saturated heterocycles. The molecule has 6 nitrogen and oxygen atoms in total. The van der Waals surface area contributed by atoms with Gasteiger partial charge in [0.05, 0.1) is 18.7 Å². The van der Waals surface area contributed by atoms with Crippen molar-refractivity contribution in [3.05, 3.63) is 18.2 Å². The number of imidazole rings is 1. The van der Waals surface area contributed by atoms with Crippen LogP contribution in [-0.4, -0.2) is 50.7 Å². The second kappa shape index (κ2) is 8.45. The van der Waals surface area contributed by atoms with Crippen molar-refractivity contribution in [2.24, 2.45) is 5.92 Å². The fourth-order valence-electron chi connectivity index (χ4n) is 2.95. The number of aliphatic hydroxyl groups excluding tert-OH is 1. The first-order chi connectivity index (χ1) is 11.0. The van der Waals surface area contributed by atoms with Crippen LogP contribution < -0.4 is 5.32 Å². The number of aryl methyl sites for hydroxylation is 1. The molecular formula is C17H30N4O2. The molecule has 0 unspecified atom stereocenters. The molecule has 130 valence electrons. The summed E-state index contributed by atoms with van der Waals surface area (Å²) in [5.41, 5.74) is 0. The van der Waals surface area contributed by atoms with E-state index in [1.165, 1.54) is 0 Å². The highest BCUT2D eigenvalue weighted by molar-refractivity contribution is 5.78. The normalized spacial score (nSPS) is 23.0. The summed E-state index contributed by atoms with van der Waals surface area (Å²) in [6.45, 7) is 9.38. The Kier molecular flexibility index (Phi) is 6.59. The number of hydrogen-bond acceptors (Lipinski definition) is 4. The van der Waals surface area contributed by atoms with Gasteiger partial charge in [-0.15, -0.1) is 0 Å². The van der Waals surface area contributed by atoms with Crippen LogP contribution in [0.5, 0.6) is 0 Å². The molecule has 2 atom stereocenters. The summed E-state index contributed by atoms with van der Waals surface area (Å²) in [5.74, 6) is 1.04. The first-order valence-electron chi connectivity index (χ1n) is 8.72. The lowest BCUT2D eigenvalue weighted by Gasteiger charge is -2.22. The summed E-state index contributed by atoms with van der Waals surface area (Å²) in [7, 11) is 0. The van der Waals surface area contributed by atoms with Crippen molar-refractivity contribution in [2.45, 2.75) is 65.3 Å². The number of carbonyl (C=O) groups is 1. The minimum absolute atomic E-state index is 0.0148. The summed E-state index contributed by atoms with van der Waals surface area (Å²) in [6.07, 6.45) is 5.94. The van der Waals surface area contributed by atoms with Gasteiger partial charge in [0.25, 0.3) is 0 Å². The van der Waals surface area contributed by atoms with Gasteiger partial charge in [0.2, 0.25) is 5.91 Å². The third-order valence-corrected chi connectivity index (χ3v) is 4.45. The van der Waals surface area contributed by atoms with E-state index in [-0.39, 0.29) is 17.9 Å². The standard InChI is InChI=1S/C17H30N4O2/c1-4-8-21-11-7-18-16(21)12-20-9-5-14(15(22)6-10-20)19-17(23)13(2)3/h7,11,13-15,22H,4-6,8-10,12H2,1-3H3,(H,19,23)/t14-,15-/m0/s1. The maximum Gasteiger partial charge on any atom is 0.222 e. The van der Waals surface area contributed by atoms with Gasteiger partial charge in [-0.2, -0.15) is 0 Å². The minimum atomic E-state index is -0.474. The molecule has 0 aliphatic carbocycles. The molecule has 0 saturated carbocycles. The van der Waals surface area contributed by atoms with Gasteiger partial charge in [0.1, 0.15) is 5.82 Å². The van der Waals surface area contributed by atoms with Crippen molar-refractivity contribution in [3.63, 3.8) is 0 Å². The van der Waals surface area contributed by atoms with Crippen molar-refractivity contribution in [1.82, 2.24) is 19.8 Å². The van der Waals surface area contributed by atoms with E-state index in [0.29, 0.717) is 6.42 Å². The van der Waals surface area contributed by atoms with Gasteiger partial charge in [-0.25, -0.2) is 4.98 Å². The van der Waals surface area contributed by atoms with Crippen molar-refractivity contribution < 1.29 is 9.90 Å². The molecule has 0 bridgehead atoms. The van der Waals surface area contributed by atoms with E-state index < -0.39 is 6.10 Å². The van der Waals surface area contributed by atoms with Crippen LogP contribution in [-0.2, 0) is 17.9 Å². The van der Waals surface area contributed by atoms with Crippen LogP contribution in [0.4, 0.5) is 0 Å². The monoisotopic (exact) mass is 322 g/mol. The molecule has 1 aliphatic heterocycles. The number of carbonyl (C=O) groups excluding carboxylic acids is 1. The second-order valence-electron chi connectivity index (χ2n) is 6.73. The molecule has 0 spiro atoms. The fourth-order valence-corrected chi connectivity index (χ4v) is 2.95. The number of rotatable bonds is 6. The largest absolute Gasteiger partial charge is 0.391 e. The average Bonchev–Trinajstić information content (AvgIpc) is 2.87. The van der Waals surface area contributed by atoms with Crippen LogP contribution in [0.3, 0.4) is 0 Å². The fraction of sp³-hybridized carbons (Fsp3) is 0.765. The minimum Gasteiger partial charge on any atom is -0.391 e. The molecule has 1 aliphatic rings. The number of likely N-dealkylation sites (tertiary alicyclic amines) is 1. The lowest BCUT2D eigenvalue weighted by Crippen LogP contribution is -2.44. The van der Waals surface area contributed by atoms with E-state index in [0.717, 1.165) is 44.8 Å². The molecule has 2 rings (SSSR count). The Morgan fingerprint density at radius 3 is 2.87 bits per heavy atom. The van der Waals surface area contributed by atoms with Gasteiger partial charge in [0, 0.05) is 37.9 Å². The Hall–Kier alpha value is -1.40. The van der Waals surface area contributed by atoms with Crippen LogP contribution in [0.1, 0.15) is 45.9 Å². The van der Waals surface area contributed by atoms with Crippen LogP contribution >= 0.6 is 0 Å². The van der Waals surface area contributed by atoms with Gasteiger partial charge < -0.3 is 15.0 Å². The SMILES string of the molecule is CCCn1ccnc1CN1CC[C@H](NC(=O)C(C)C)[C@@H](O)CC1. The molecule has 1 aromatic heterocycles. The average molecular weight is 322 g/mol. The summed E-state index contributed by atoms with van der Waals surface area (Å²) in [6, 6.07) is -0.148. The zero-order valence-corrected chi connectivity index (χ0v) is 14.5. The van der Waals surface area contributed by atoms with Gasteiger partial charge in [0.15, 0.2) is 0 Å². The Morgan fingerprint density at radius 1 is 1.43 bits per heavy atom. The van der Waals surface area contributed by atoms with Gasteiger partial charge in [-0.3, -0.25) is 9.69 Å². The summed E-state index contributed by atoms with van der Waals surface area (Å²) in [5, 5.41) is 13.3. The predicted molar refractivity (Wildman–Crippen MR) is 89.8 cm³/mol. The van der Waals surface area contributed by atoms with E-state index in [2.05, 4.69) is 26.7 Å². The molecule has 2 N–H and O–H groups in total. The lowest BCUT2D eigenvalue weighted by atomic mass is 10.1. The highest BCUT2D eigenvalue weighted by atomic mass is 16.3. The number of aliphatic hydroxyl groups is 1. The summed E-state index contributed by atoms with van der Waals surface area (Å²) in [4.78, 5) is 18.7. The first kappa shape index (κ1) is 17.9. The van der Waals surface area contributed by atoms with Crippen LogP contribution in [0.25, 0.3) is 0 Å². The quantitative estimate of drug-likeness (QED) is 0.830. The number of hydrogen-bond donors (Lipinski definition) is 2. The Balaban J connectivity index is 1.92. The van der Waals surface area contributed by atoms with Crippen molar-refractivity contribution in [2.75, 3.05) is 13.1 Å². The third kappa shape index (κ3) is 5.04. The van der Waals surface area contributed by atoms with Crippen molar-refractivity contribution in [3.8, 4) is 0 Å². The number of nitrogens with zero attached hydrogens (tertiary/aromatic N) is 3. The summed E-state index contributed by atoms with van der Waals surface area (Å²) < 4.78 is 2.19.